The molecule has 92 valence electrons. The van der Waals surface area contributed by atoms with Crippen LogP contribution in [-0.2, 0) is 6.42 Å². The van der Waals surface area contributed by atoms with Crippen molar-refractivity contribution in [1.82, 2.24) is 0 Å². The van der Waals surface area contributed by atoms with Crippen molar-refractivity contribution in [3.8, 4) is 22.6 Å². The number of fused-ring (bicyclic) bond motifs is 1. The van der Waals surface area contributed by atoms with Gasteiger partial charge in [0.25, 0.3) is 0 Å². The first kappa shape index (κ1) is 11.6. The van der Waals surface area contributed by atoms with Gasteiger partial charge in [-0.25, -0.2) is 0 Å². The summed E-state index contributed by atoms with van der Waals surface area (Å²) in [6.45, 7) is 2.66. The fourth-order valence-electron chi connectivity index (χ4n) is 2.42. The maximum Gasteiger partial charge on any atom is 0.130 e. The Morgan fingerprint density at radius 1 is 1.22 bits per heavy atom. The minimum absolute atomic E-state index is 0.366. The van der Waals surface area contributed by atoms with Gasteiger partial charge in [0.05, 0.1) is 6.61 Å². The van der Waals surface area contributed by atoms with E-state index in [9.17, 15) is 5.11 Å². The number of phenolic OH excluding ortho intramolecular Hbond substituents is 1. The lowest BCUT2D eigenvalue weighted by Crippen LogP contribution is -1.89. The Bertz CT molecular complexity index is 603. The van der Waals surface area contributed by atoms with Crippen molar-refractivity contribution in [2.45, 2.75) is 13.3 Å². The molecule has 0 unspecified atom stereocenters. The van der Waals surface area contributed by atoms with Crippen LogP contribution in [0.5, 0.6) is 11.5 Å². The summed E-state index contributed by atoms with van der Waals surface area (Å²) in [5, 5.41) is 10.4. The average Bonchev–Trinajstić information content (AvgIpc) is 2.80. The first-order valence-electron chi connectivity index (χ1n) is 5.91. The molecule has 2 aromatic carbocycles. The fourth-order valence-corrected chi connectivity index (χ4v) is 2.69. The third-order valence-electron chi connectivity index (χ3n) is 3.30. The summed E-state index contributed by atoms with van der Waals surface area (Å²) in [4.78, 5) is 0. The second kappa shape index (κ2) is 4.32. The average molecular weight is 305 g/mol. The molecule has 1 aliphatic heterocycles. The Balaban J connectivity index is 2.20. The molecule has 3 rings (SSSR count). The standard InChI is InChI=1S/C15H13BrO2/c1-9-8-13-12(6-7-18-13)15(17)14(9)10-2-4-11(16)5-3-10/h2-5,8,17H,6-7H2,1H3. The lowest BCUT2D eigenvalue weighted by molar-refractivity contribution is 0.356. The lowest BCUT2D eigenvalue weighted by atomic mass is 9.95. The van der Waals surface area contributed by atoms with E-state index >= 15 is 0 Å². The van der Waals surface area contributed by atoms with Crippen molar-refractivity contribution in [2.75, 3.05) is 6.61 Å². The zero-order valence-electron chi connectivity index (χ0n) is 10.0. The fraction of sp³-hybridized carbons (Fsp3) is 0.200. The molecule has 0 saturated heterocycles. The number of aromatic hydroxyl groups is 1. The second-order valence-corrected chi connectivity index (χ2v) is 5.41. The van der Waals surface area contributed by atoms with E-state index in [1.165, 1.54) is 0 Å². The number of halogens is 1. The summed E-state index contributed by atoms with van der Waals surface area (Å²) in [6, 6.07) is 10.00. The van der Waals surface area contributed by atoms with E-state index in [4.69, 9.17) is 4.74 Å². The van der Waals surface area contributed by atoms with Gasteiger partial charge in [-0.15, -0.1) is 0 Å². The van der Waals surface area contributed by atoms with Crippen LogP contribution in [0, 0.1) is 6.92 Å². The topological polar surface area (TPSA) is 29.5 Å². The minimum atomic E-state index is 0.366. The normalized spacial score (nSPS) is 13.2. The lowest BCUT2D eigenvalue weighted by Gasteiger charge is -2.12. The summed E-state index contributed by atoms with van der Waals surface area (Å²) in [6.07, 6.45) is 0.783. The Labute approximate surface area is 114 Å². The third kappa shape index (κ3) is 1.79. The quantitative estimate of drug-likeness (QED) is 0.861. The number of aryl methyl sites for hydroxylation is 1. The number of hydrogen-bond donors (Lipinski definition) is 1. The van der Waals surface area contributed by atoms with Crippen LogP contribution in [0.1, 0.15) is 11.1 Å². The molecular weight excluding hydrogens is 292 g/mol. The molecule has 0 atom stereocenters. The Hall–Kier alpha value is -1.48. The number of ether oxygens (including phenoxy) is 1. The highest BCUT2D eigenvalue weighted by Gasteiger charge is 2.21. The van der Waals surface area contributed by atoms with Crippen molar-refractivity contribution >= 4 is 15.9 Å². The van der Waals surface area contributed by atoms with Crippen molar-refractivity contribution < 1.29 is 9.84 Å². The van der Waals surface area contributed by atoms with Gasteiger partial charge < -0.3 is 9.84 Å². The molecule has 2 nitrogen and oxygen atoms in total. The van der Waals surface area contributed by atoms with Crippen LogP contribution in [0.25, 0.3) is 11.1 Å². The number of rotatable bonds is 1. The first-order chi connectivity index (χ1) is 8.66. The molecule has 1 heterocycles. The van der Waals surface area contributed by atoms with Gasteiger partial charge in [0.15, 0.2) is 0 Å². The summed E-state index contributed by atoms with van der Waals surface area (Å²) in [5.41, 5.74) is 3.91. The molecule has 0 amide bonds. The van der Waals surface area contributed by atoms with Crippen LogP contribution >= 0.6 is 15.9 Å². The van der Waals surface area contributed by atoms with Gasteiger partial charge in [-0.1, -0.05) is 28.1 Å². The van der Waals surface area contributed by atoms with E-state index < -0.39 is 0 Å². The molecule has 0 bridgehead atoms. The molecule has 0 radical (unpaired) electrons. The number of hydrogen-bond acceptors (Lipinski definition) is 2. The van der Waals surface area contributed by atoms with Crippen molar-refractivity contribution in [1.29, 1.82) is 0 Å². The summed E-state index contributed by atoms with van der Waals surface area (Å²) >= 11 is 3.42. The third-order valence-corrected chi connectivity index (χ3v) is 3.83. The van der Waals surface area contributed by atoms with Gasteiger partial charge in [-0.3, -0.25) is 0 Å². The van der Waals surface area contributed by atoms with E-state index in [0.29, 0.717) is 12.4 Å². The smallest absolute Gasteiger partial charge is 0.130 e. The number of benzene rings is 2. The maximum atomic E-state index is 10.4. The molecule has 0 aliphatic carbocycles. The van der Waals surface area contributed by atoms with Crippen molar-refractivity contribution in [2.24, 2.45) is 0 Å². The maximum absolute atomic E-state index is 10.4. The summed E-state index contributed by atoms with van der Waals surface area (Å²) in [5.74, 6) is 1.19. The highest BCUT2D eigenvalue weighted by atomic mass is 79.9. The molecule has 18 heavy (non-hydrogen) atoms. The SMILES string of the molecule is Cc1cc2c(c(O)c1-c1ccc(Br)cc1)CCO2. The van der Waals surface area contributed by atoms with E-state index in [1.54, 1.807) is 0 Å². The largest absolute Gasteiger partial charge is 0.507 e. The van der Waals surface area contributed by atoms with Gasteiger partial charge in [-0.05, 0) is 36.2 Å². The molecule has 0 aromatic heterocycles. The van der Waals surface area contributed by atoms with Gasteiger partial charge in [0, 0.05) is 22.0 Å². The summed E-state index contributed by atoms with van der Waals surface area (Å²) in [7, 11) is 0. The van der Waals surface area contributed by atoms with Crippen LogP contribution in [0.15, 0.2) is 34.8 Å². The minimum Gasteiger partial charge on any atom is -0.507 e. The summed E-state index contributed by atoms with van der Waals surface area (Å²) < 4.78 is 6.54. The molecular formula is C15H13BrO2. The van der Waals surface area contributed by atoms with Crippen molar-refractivity contribution in [3.63, 3.8) is 0 Å². The van der Waals surface area contributed by atoms with Crippen LogP contribution in [-0.4, -0.2) is 11.7 Å². The molecule has 1 N–H and O–H groups in total. The highest BCUT2D eigenvalue weighted by molar-refractivity contribution is 9.10. The first-order valence-corrected chi connectivity index (χ1v) is 6.70. The monoisotopic (exact) mass is 304 g/mol. The van der Waals surface area contributed by atoms with Crippen LogP contribution < -0.4 is 4.74 Å². The van der Waals surface area contributed by atoms with Gasteiger partial charge >= 0.3 is 0 Å². The van der Waals surface area contributed by atoms with Gasteiger partial charge in [-0.2, -0.15) is 0 Å². The molecule has 0 fully saturated rings. The number of phenols is 1. The Morgan fingerprint density at radius 3 is 2.67 bits per heavy atom. The predicted molar refractivity (Wildman–Crippen MR) is 75.2 cm³/mol. The van der Waals surface area contributed by atoms with E-state index in [-0.39, 0.29) is 0 Å². The van der Waals surface area contributed by atoms with Gasteiger partial charge in [0.2, 0.25) is 0 Å². The van der Waals surface area contributed by atoms with Crippen molar-refractivity contribution in [3.05, 3.63) is 45.9 Å². The van der Waals surface area contributed by atoms with Crippen LogP contribution in [0.2, 0.25) is 0 Å². The zero-order chi connectivity index (χ0) is 12.7. The molecule has 1 aliphatic rings. The molecule has 3 heteroatoms. The zero-order valence-corrected chi connectivity index (χ0v) is 11.6. The Morgan fingerprint density at radius 2 is 1.94 bits per heavy atom. The second-order valence-electron chi connectivity index (χ2n) is 4.50. The Kier molecular flexibility index (Phi) is 2.78. The van der Waals surface area contributed by atoms with E-state index in [2.05, 4.69) is 15.9 Å². The molecule has 0 saturated carbocycles. The predicted octanol–water partition coefficient (Wildman–Crippen LogP) is 4.07. The van der Waals surface area contributed by atoms with Gasteiger partial charge in [0.1, 0.15) is 11.5 Å². The molecule has 2 aromatic rings. The van der Waals surface area contributed by atoms with E-state index in [1.807, 2.05) is 37.3 Å². The van der Waals surface area contributed by atoms with Crippen LogP contribution in [0.4, 0.5) is 0 Å². The van der Waals surface area contributed by atoms with Crippen LogP contribution in [0.3, 0.4) is 0 Å². The highest BCUT2D eigenvalue weighted by Crippen LogP contribution is 2.42. The van der Waals surface area contributed by atoms with E-state index in [0.717, 1.165) is 38.9 Å². The molecule has 0 spiro atoms.